The molecule has 1 aromatic rings. The van der Waals surface area contributed by atoms with Crippen molar-refractivity contribution in [1.82, 2.24) is 15.1 Å². The molecule has 0 spiro atoms. The Morgan fingerprint density at radius 3 is 2.71 bits per heavy atom. The first-order valence-electron chi connectivity index (χ1n) is 5.61. The van der Waals surface area contributed by atoms with Gasteiger partial charge >= 0.3 is 0 Å². The van der Waals surface area contributed by atoms with E-state index in [1.54, 1.807) is 4.90 Å². The van der Waals surface area contributed by atoms with Crippen LogP contribution in [0.15, 0.2) is 0 Å². The number of aromatic amines is 1. The molecule has 6 nitrogen and oxygen atoms in total. The zero-order chi connectivity index (χ0) is 12.6. The lowest BCUT2D eigenvalue weighted by atomic mass is 10.2. The summed E-state index contributed by atoms with van der Waals surface area (Å²) in [6.45, 7) is 6.21. The molecule has 0 saturated carbocycles. The fourth-order valence-electron chi connectivity index (χ4n) is 1.72. The summed E-state index contributed by atoms with van der Waals surface area (Å²) in [7, 11) is 0. The van der Waals surface area contributed by atoms with Gasteiger partial charge in [-0.1, -0.05) is 13.8 Å². The molecule has 0 bridgehead atoms. The van der Waals surface area contributed by atoms with E-state index in [2.05, 4.69) is 15.5 Å². The summed E-state index contributed by atoms with van der Waals surface area (Å²) in [5, 5.41) is 9.70. The van der Waals surface area contributed by atoms with E-state index in [0.29, 0.717) is 18.9 Å². The SMILES string of the molecule is CC(=O)N1Cc2n[nH]c(NC(=O)C(C)C)c2C1. The molecule has 6 heteroatoms. The molecule has 1 aliphatic heterocycles. The van der Waals surface area contributed by atoms with Gasteiger partial charge in [0.05, 0.1) is 18.8 Å². The second-order valence-electron chi connectivity index (χ2n) is 4.54. The van der Waals surface area contributed by atoms with Gasteiger partial charge in [-0.05, 0) is 0 Å². The minimum absolute atomic E-state index is 0.0177. The Morgan fingerprint density at radius 1 is 1.41 bits per heavy atom. The van der Waals surface area contributed by atoms with Crippen molar-refractivity contribution in [3.05, 3.63) is 11.3 Å². The fourth-order valence-corrected chi connectivity index (χ4v) is 1.72. The van der Waals surface area contributed by atoms with Gasteiger partial charge in [0.15, 0.2) is 0 Å². The largest absolute Gasteiger partial charge is 0.332 e. The van der Waals surface area contributed by atoms with Crippen LogP contribution in [0.25, 0.3) is 0 Å². The van der Waals surface area contributed by atoms with Crippen LogP contribution < -0.4 is 5.32 Å². The van der Waals surface area contributed by atoms with Crippen molar-refractivity contribution in [3.8, 4) is 0 Å². The maximum Gasteiger partial charge on any atom is 0.228 e. The maximum absolute atomic E-state index is 11.6. The molecule has 17 heavy (non-hydrogen) atoms. The molecule has 2 amide bonds. The van der Waals surface area contributed by atoms with Crippen LogP contribution in [0.3, 0.4) is 0 Å². The average Bonchev–Trinajstić information content (AvgIpc) is 2.79. The monoisotopic (exact) mass is 236 g/mol. The number of nitrogens with zero attached hydrogens (tertiary/aromatic N) is 2. The number of nitrogens with one attached hydrogen (secondary N) is 2. The normalized spacial score (nSPS) is 14.0. The van der Waals surface area contributed by atoms with E-state index in [1.807, 2.05) is 13.8 Å². The third kappa shape index (κ3) is 2.15. The number of H-pyrrole nitrogens is 1. The van der Waals surface area contributed by atoms with Gasteiger partial charge in [0.2, 0.25) is 11.8 Å². The van der Waals surface area contributed by atoms with Gasteiger partial charge in [-0.25, -0.2) is 0 Å². The number of carbonyl (C=O) groups is 2. The van der Waals surface area contributed by atoms with Crippen LogP contribution in [0.4, 0.5) is 5.82 Å². The summed E-state index contributed by atoms with van der Waals surface area (Å²) in [4.78, 5) is 24.5. The van der Waals surface area contributed by atoms with Crippen molar-refractivity contribution in [3.63, 3.8) is 0 Å². The summed E-state index contributed by atoms with van der Waals surface area (Å²) >= 11 is 0. The van der Waals surface area contributed by atoms with Crippen molar-refractivity contribution in [1.29, 1.82) is 0 Å². The lowest BCUT2D eigenvalue weighted by Gasteiger charge is -2.12. The van der Waals surface area contributed by atoms with Gasteiger partial charge in [-0.2, -0.15) is 5.10 Å². The fraction of sp³-hybridized carbons (Fsp3) is 0.545. The number of hydrogen-bond acceptors (Lipinski definition) is 3. The van der Waals surface area contributed by atoms with Gasteiger partial charge in [0.25, 0.3) is 0 Å². The Morgan fingerprint density at radius 2 is 2.12 bits per heavy atom. The van der Waals surface area contributed by atoms with E-state index >= 15 is 0 Å². The molecule has 0 saturated heterocycles. The molecular weight excluding hydrogens is 220 g/mol. The van der Waals surface area contributed by atoms with Crippen LogP contribution in [0.2, 0.25) is 0 Å². The molecule has 2 rings (SSSR count). The van der Waals surface area contributed by atoms with Gasteiger partial charge in [0.1, 0.15) is 5.82 Å². The van der Waals surface area contributed by atoms with Crippen LogP contribution in [0.5, 0.6) is 0 Å². The van der Waals surface area contributed by atoms with E-state index in [1.165, 1.54) is 6.92 Å². The number of hydrogen-bond donors (Lipinski definition) is 2. The Kier molecular flexibility index (Phi) is 2.87. The Hall–Kier alpha value is -1.85. The summed E-state index contributed by atoms with van der Waals surface area (Å²) < 4.78 is 0. The zero-order valence-corrected chi connectivity index (χ0v) is 10.2. The van der Waals surface area contributed by atoms with Crippen molar-refractivity contribution in [2.45, 2.75) is 33.9 Å². The number of fused-ring (bicyclic) bond motifs is 1. The number of carbonyl (C=O) groups excluding carboxylic acids is 2. The minimum Gasteiger partial charge on any atom is -0.332 e. The first kappa shape index (κ1) is 11.6. The van der Waals surface area contributed by atoms with Gasteiger partial charge in [0, 0.05) is 18.4 Å². The average molecular weight is 236 g/mol. The quantitative estimate of drug-likeness (QED) is 0.799. The minimum atomic E-state index is -0.0840. The number of anilines is 1. The summed E-state index contributed by atoms with van der Waals surface area (Å²) in [5.41, 5.74) is 1.74. The lowest BCUT2D eigenvalue weighted by molar-refractivity contribution is -0.129. The van der Waals surface area contributed by atoms with Gasteiger partial charge in [-0.15, -0.1) is 0 Å². The molecule has 1 aliphatic rings. The van der Waals surface area contributed by atoms with Crippen LogP contribution in [-0.2, 0) is 22.7 Å². The molecular formula is C11H16N4O2. The van der Waals surface area contributed by atoms with E-state index in [-0.39, 0.29) is 17.7 Å². The van der Waals surface area contributed by atoms with Gasteiger partial charge < -0.3 is 10.2 Å². The molecule has 1 aromatic heterocycles. The Bertz CT molecular complexity index is 464. The first-order valence-corrected chi connectivity index (χ1v) is 5.61. The Balaban J connectivity index is 2.14. The van der Waals surface area contributed by atoms with Crippen LogP contribution in [0.1, 0.15) is 32.0 Å². The third-order valence-electron chi connectivity index (χ3n) is 2.86. The van der Waals surface area contributed by atoms with Crippen molar-refractivity contribution in [2.75, 3.05) is 5.32 Å². The highest BCUT2D eigenvalue weighted by Gasteiger charge is 2.27. The smallest absolute Gasteiger partial charge is 0.228 e. The van der Waals surface area contributed by atoms with E-state index < -0.39 is 0 Å². The van der Waals surface area contributed by atoms with E-state index in [4.69, 9.17) is 0 Å². The summed E-state index contributed by atoms with van der Waals surface area (Å²) in [6, 6.07) is 0. The maximum atomic E-state index is 11.6. The molecule has 0 radical (unpaired) electrons. The highest BCUT2D eigenvalue weighted by Crippen LogP contribution is 2.27. The highest BCUT2D eigenvalue weighted by atomic mass is 16.2. The highest BCUT2D eigenvalue weighted by molar-refractivity contribution is 5.92. The molecule has 92 valence electrons. The van der Waals surface area contributed by atoms with Crippen molar-refractivity contribution >= 4 is 17.6 Å². The predicted octanol–water partition coefficient (Wildman–Crippen LogP) is 0.866. The zero-order valence-electron chi connectivity index (χ0n) is 10.2. The molecule has 2 N–H and O–H groups in total. The molecule has 2 heterocycles. The lowest BCUT2D eigenvalue weighted by Crippen LogP contribution is -2.23. The summed E-state index contributed by atoms with van der Waals surface area (Å²) in [6.07, 6.45) is 0. The second-order valence-corrected chi connectivity index (χ2v) is 4.54. The van der Waals surface area contributed by atoms with Crippen LogP contribution in [-0.4, -0.2) is 26.9 Å². The van der Waals surface area contributed by atoms with E-state index in [0.717, 1.165) is 11.3 Å². The number of amides is 2. The number of aromatic nitrogens is 2. The topological polar surface area (TPSA) is 78.1 Å². The molecule has 0 atom stereocenters. The van der Waals surface area contributed by atoms with E-state index in [9.17, 15) is 9.59 Å². The third-order valence-corrected chi connectivity index (χ3v) is 2.86. The van der Waals surface area contributed by atoms with Crippen LogP contribution in [0, 0.1) is 5.92 Å². The van der Waals surface area contributed by atoms with Crippen molar-refractivity contribution in [2.24, 2.45) is 5.92 Å². The summed E-state index contributed by atoms with van der Waals surface area (Å²) in [5.74, 6) is 0.489. The molecule has 0 fully saturated rings. The molecule has 0 aliphatic carbocycles. The predicted molar refractivity (Wildman–Crippen MR) is 62.0 cm³/mol. The van der Waals surface area contributed by atoms with Crippen molar-refractivity contribution < 1.29 is 9.59 Å². The first-order chi connectivity index (χ1) is 7.99. The molecule has 0 aromatic carbocycles. The standard InChI is InChI=1S/C11H16N4O2/c1-6(2)11(17)12-10-8-4-15(7(3)16)5-9(8)13-14-10/h6H,4-5H2,1-3H3,(H2,12,13,14,17). The number of rotatable bonds is 2. The van der Waals surface area contributed by atoms with Gasteiger partial charge in [-0.3, -0.25) is 14.7 Å². The second kappa shape index (κ2) is 4.20. The Labute approximate surface area is 99.4 Å². The van der Waals surface area contributed by atoms with Crippen LogP contribution >= 0.6 is 0 Å². The molecule has 0 unspecified atom stereocenters.